The van der Waals surface area contributed by atoms with Crippen LogP contribution in [0.15, 0.2) is 0 Å². The molecule has 1 aliphatic rings. The first-order valence-electron chi connectivity index (χ1n) is 5.24. The van der Waals surface area contributed by atoms with Crippen LogP contribution in [0.4, 0.5) is 13.2 Å². The summed E-state index contributed by atoms with van der Waals surface area (Å²) in [5.41, 5.74) is -0.661. The number of hydrogen-bond acceptors (Lipinski definition) is 1. The van der Waals surface area contributed by atoms with E-state index in [9.17, 15) is 13.2 Å². The van der Waals surface area contributed by atoms with E-state index in [1.54, 1.807) is 6.92 Å². The zero-order valence-electron chi connectivity index (χ0n) is 8.82. The van der Waals surface area contributed by atoms with Crippen molar-refractivity contribution in [2.45, 2.75) is 57.8 Å². The Morgan fingerprint density at radius 3 is 2.43 bits per heavy atom. The molecule has 14 heavy (non-hydrogen) atoms. The van der Waals surface area contributed by atoms with Gasteiger partial charge in [-0.15, -0.1) is 0 Å². The van der Waals surface area contributed by atoms with Crippen LogP contribution in [0, 0.1) is 0 Å². The van der Waals surface area contributed by atoms with Crippen LogP contribution in [-0.4, -0.2) is 23.3 Å². The van der Waals surface area contributed by atoms with E-state index in [2.05, 4.69) is 0 Å². The first-order valence-corrected chi connectivity index (χ1v) is 5.24. The maximum atomic E-state index is 12.7. The molecular formula is C10H18F3N. The molecule has 1 nitrogen and oxygen atoms in total. The van der Waals surface area contributed by atoms with Crippen LogP contribution in [-0.2, 0) is 0 Å². The fourth-order valence-corrected chi connectivity index (χ4v) is 2.41. The SMILES string of the molecule is CCCC1(C)CCCCN1C(F)(F)F. The van der Waals surface area contributed by atoms with E-state index in [0.717, 1.165) is 17.7 Å². The van der Waals surface area contributed by atoms with Gasteiger partial charge in [0, 0.05) is 12.1 Å². The standard InChI is InChI=1S/C10H18F3N/c1-3-6-9(2)7-4-5-8-14(9)10(11,12)13/h3-8H2,1-2H3. The van der Waals surface area contributed by atoms with Gasteiger partial charge in [0.2, 0.25) is 0 Å². The zero-order chi connectivity index (χ0) is 10.8. The third-order valence-electron chi connectivity index (χ3n) is 3.09. The summed E-state index contributed by atoms with van der Waals surface area (Å²) in [7, 11) is 0. The summed E-state index contributed by atoms with van der Waals surface area (Å²) in [4.78, 5) is 0.729. The maximum Gasteiger partial charge on any atom is 0.460 e. The van der Waals surface area contributed by atoms with Gasteiger partial charge < -0.3 is 0 Å². The minimum absolute atomic E-state index is 0.167. The minimum atomic E-state index is -4.16. The van der Waals surface area contributed by atoms with E-state index in [4.69, 9.17) is 0 Å². The molecule has 84 valence electrons. The van der Waals surface area contributed by atoms with Crippen molar-refractivity contribution in [2.24, 2.45) is 0 Å². The second-order valence-electron chi connectivity index (χ2n) is 4.32. The molecule has 0 aromatic rings. The molecule has 0 aromatic heterocycles. The number of hydrogen-bond donors (Lipinski definition) is 0. The average molecular weight is 209 g/mol. The van der Waals surface area contributed by atoms with E-state index < -0.39 is 11.8 Å². The van der Waals surface area contributed by atoms with Crippen molar-refractivity contribution in [1.29, 1.82) is 0 Å². The highest BCUT2D eigenvalue weighted by Gasteiger charge is 2.48. The van der Waals surface area contributed by atoms with Gasteiger partial charge in [0.05, 0.1) is 0 Å². The minimum Gasteiger partial charge on any atom is -0.209 e. The molecule has 1 atom stereocenters. The maximum absolute atomic E-state index is 12.7. The van der Waals surface area contributed by atoms with Gasteiger partial charge in [0.1, 0.15) is 0 Å². The van der Waals surface area contributed by atoms with Crippen LogP contribution < -0.4 is 0 Å². The molecule has 0 amide bonds. The van der Waals surface area contributed by atoms with Crippen molar-refractivity contribution < 1.29 is 13.2 Å². The zero-order valence-corrected chi connectivity index (χ0v) is 8.82. The molecule has 0 radical (unpaired) electrons. The van der Waals surface area contributed by atoms with Crippen molar-refractivity contribution in [3.8, 4) is 0 Å². The van der Waals surface area contributed by atoms with Crippen LogP contribution >= 0.6 is 0 Å². The lowest BCUT2D eigenvalue weighted by Gasteiger charge is -2.45. The van der Waals surface area contributed by atoms with Gasteiger partial charge in [-0.05, 0) is 26.2 Å². The van der Waals surface area contributed by atoms with Crippen molar-refractivity contribution in [3.05, 3.63) is 0 Å². The molecule has 0 aliphatic carbocycles. The topological polar surface area (TPSA) is 3.24 Å². The molecule has 0 aromatic carbocycles. The molecule has 1 rings (SSSR count). The summed E-state index contributed by atoms with van der Waals surface area (Å²) in [5.74, 6) is 0. The lowest BCUT2D eigenvalue weighted by Crippen LogP contribution is -2.56. The summed E-state index contributed by atoms with van der Waals surface area (Å²) in [6, 6.07) is 0. The molecule has 0 spiro atoms. The number of halogens is 3. The molecule has 1 fully saturated rings. The first kappa shape index (κ1) is 11.8. The molecular weight excluding hydrogens is 191 g/mol. The number of alkyl halides is 3. The highest BCUT2D eigenvalue weighted by Crippen LogP contribution is 2.39. The van der Waals surface area contributed by atoms with E-state index in [1.165, 1.54) is 0 Å². The highest BCUT2D eigenvalue weighted by atomic mass is 19.4. The summed E-state index contributed by atoms with van der Waals surface area (Å²) >= 11 is 0. The molecule has 4 heteroatoms. The van der Waals surface area contributed by atoms with Crippen molar-refractivity contribution in [1.82, 2.24) is 4.90 Å². The Labute approximate surface area is 83.3 Å². The molecule has 0 N–H and O–H groups in total. The Kier molecular flexibility index (Phi) is 3.45. The van der Waals surface area contributed by atoms with Gasteiger partial charge in [-0.1, -0.05) is 19.8 Å². The van der Waals surface area contributed by atoms with Crippen LogP contribution in [0.25, 0.3) is 0 Å². The van der Waals surface area contributed by atoms with Crippen molar-refractivity contribution >= 4 is 0 Å². The highest BCUT2D eigenvalue weighted by molar-refractivity contribution is 4.90. The van der Waals surface area contributed by atoms with Gasteiger partial charge in [0.25, 0.3) is 0 Å². The molecule has 0 bridgehead atoms. The van der Waals surface area contributed by atoms with Gasteiger partial charge >= 0.3 is 6.30 Å². The predicted molar refractivity (Wildman–Crippen MR) is 49.9 cm³/mol. The van der Waals surface area contributed by atoms with E-state index in [0.29, 0.717) is 19.3 Å². The summed E-state index contributed by atoms with van der Waals surface area (Å²) < 4.78 is 38.1. The number of nitrogens with zero attached hydrogens (tertiary/aromatic N) is 1. The molecule has 1 unspecified atom stereocenters. The van der Waals surface area contributed by atoms with Gasteiger partial charge in [0.15, 0.2) is 0 Å². The Hall–Kier alpha value is -0.250. The Morgan fingerprint density at radius 2 is 1.93 bits per heavy atom. The molecule has 1 aliphatic heterocycles. The summed E-state index contributed by atoms with van der Waals surface area (Å²) in [6.07, 6.45) is -0.470. The van der Waals surface area contributed by atoms with E-state index in [-0.39, 0.29) is 6.54 Å². The number of piperidine rings is 1. The Bertz CT molecular complexity index is 186. The fraction of sp³-hybridized carbons (Fsp3) is 1.00. The van der Waals surface area contributed by atoms with Crippen LogP contribution in [0.2, 0.25) is 0 Å². The summed E-state index contributed by atoms with van der Waals surface area (Å²) in [5, 5.41) is 0. The van der Waals surface area contributed by atoms with Crippen molar-refractivity contribution in [3.63, 3.8) is 0 Å². The van der Waals surface area contributed by atoms with Crippen molar-refractivity contribution in [2.75, 3.05) is 6.54 Å². The smallest absolute Gasteiger partial charge is 0.209 e. The van der Waals surface area contributed by atoms with E-state index >= 15 is 0 Å². The second-order valence-corrected chi connectivity index (χ2v) is 4.32. The van der Waals surface area contributed by atoms with Gasteiger partial charge in [-0.2, -0.15) is 13.2 Å². The van der Waals surface area contributed by atoms with Gasteiger partial charge in [-0.25, -0.2) is 4.90 Å². The predicted octanol–water partition coefficient (Wildman–Crippen LogP) is 3.55. The normalized spacial score (nSPS) is 30.6. The van der Waals surface area contributed by atoms with Crippen LogP contribution in [0.1, 0.15) is 46.0 Å². The van der Waals surface area contributed by atoms with E-state index in [1.807, 2.05) is 6.92 Å². The third kappa shape index (κ3) is 2.41. The fourth-order valence-electron chi connectivity index (χ4n) is 2.41. The van der Waals surface area contributed by atoms with Gasteiger partial charge in [-0.3, -0.25) is 0 Å². The number of likely N-dealkylation sites (tertiary alicyclic amines) is 1. The second kappa shape index (κ2) is 4.09. The monoisotopic (exact) mass is 209 g/mol. The average Bonchev–Trinajstić information content (AvgIpc) is 2.02. The Balaban J connectivity index is 2.78. The third-order valence-corrected chi connectivity index (χ3v) is 3.09. The number of rotatable bonds is 2. The molecule has 1 saturated heterocycles. The lowest BCUT2D eigenvalue weighted by molar-refractivity contribution is -0.282. The van der Waals surface area contributed by atoms with Crippen LogP contribution in [0.3, 0.4) is 0 Å². The summed E-state index contributed by atoms with van der Waals surface area (Å²) in [6.45, 7) is 3.84. The quantitative estimate of drug-likeness (QED) is 0.628. The molecule has 1 heterocycles. The Morgan fingerprint density at radius 1 is 1.29 bits per heavy atom. The molecule has 0 saturated carbocycles. The first-order chi connectivity index (χ1) is 6.40. The lowest BCUT2D eigenvalue weighted by atomic mass is 9.85. The largest absolute Gasteiger partial charge is 0.460 e. The van der Waals surface area contributed by atoms with Crippen LogP contribution in [0.5, 0.6) is 0 Å².